The molecular weight excluding hydrogens is 366 g/mol. The fraction of sp³-hybridized carbons (Fsp3) is 0.500. The Labute approximate surface area is 173 Å². The molecule has 1 aliphatic rings. The minimum atomic E-state index is -0.223. The Kier molecular flexibility index (Phi) is 7.27. The molecule has 0 bridgehead atoms. The van der Waals surface area contributed by atoms with Crippen molar-refractivity contribution in [3.63, 3.8) is 0 Å². The summed E-state index contributed by atoms with van der Waals surface area (Å²) in [5, 5.41) is 3.47. The highest BCUT2D eigenvalue weighted by Gasteiger charge is 2.24. The summed E-state index contributed by atoms with van der Waals surface area (Å²) in [6.45, 7) is 9.42. The Balaban J connectivity index is 1.64. The molecule has 29 heavy (non-hydrogen) atoms. The zero-order valence-corrected chi connectivity index (χ0v) is 17.6. The molecule has 1 N–H and O–H groups in total. The van der Waals surface area contributed by atoms with E-state index in [-0.39, 0.29) is 12.1 Å². The standard InChI is InChI=1S/C22H31N5O2/c1-4-26(16-18-9-7-6-8-10-18)20-15-17(3)23-21(25-20)24-19-11-13-27(14-12-19)22(28)29-5-2/h6-10,15,19H,4-5,11-14,16H2,1-3H3,(H,23,24,25). The maximum absolute atomic E-state index is 11.9. The molecule has 0 spiro atoms. The van der Waals surface area contributed by atoms with Crippen LogP contribution in [0.4, 0.5) is 16.6 Å². The third-order valence-corrected chi connectivity index (χ3v) is 5.12. The molecule has 1 aliphatic heterocycles. The van der Waals surface area contributed by atoms with Crippen LogP contribution in [-0.2, 0) is 11.3 Å². The van der Waals surface area contributed by atoms with E-state index in [0.717, 1.165) is 37.4 Å². The summed E-state index contributed by atoms with van der Waals surface area (Å²) in [5.74, 6) is 1.58. The Morgan fingerprint density at radius 3 is 2.59 bits per heavy atom. The molecule has 0 aliphatic carbocycles. The van der Waals surface area contributed by atoms with Gasteiger partial charge in [0.25, 0.3) is 0 Å². The van der Waals surface area contributed by atoms with Gasteiger partial charge < -0.3 is 19.9 Å². The van der Waals surface area contributed by atoms with Crippen LogP contribution in [0.5, 0.6) is 0 Å². The van der Waals surface area contributed by atoms with Gasteiger partial charge in [-0.15, -0.1) is 0 Å². The van der Waals surface area contributed by atoms with Crippen molar-refractivity contribution in [2.75, 3.05) is 36.5 Å². The predicted octanol–water partition coefficient (Wildman–Crippen LogP) is 3.84. The highest BCUT2D eigenvalue weighted by atomic mass is 16.6. The predicted molar refractivity (Wildman–Crippen MR) is 115 cm³/mol. The third-order valence-electron chi connectivity index (χ3n) is 5.12. The van der Waals surface area contributed by atoms with Crippen LogP contribution >= 0.6 is 0 Å². The first-order valence-electron chi connectivity index (χ1n) is 10.4. The van der Waals surface area contributed by atoms with E-state index in [0.29, 0.717) is 25.6 Å². The molecule has 0 radical (unpaired) electrons. The number of carbonyl (C=O) groups is 1. The minimum absolute atomic E-state index is 0.223. The normalized spacial score (nSPS) is 14.5. The first kappa shape index (κ1) is 20.9. The second kappa shape index (κ2) is 10.1. The zero-order chi connectivity index (χ0) is 20.6. The van der Waals surface area contributed by atoms with E-state index in [1.54, 1.807) is 4.90 Å². The lowest BCUT2D eigenvalue weighted by Crippen LogP contribution is -2.42. The maximum Gasteiger partial charge on any atom is 0.409 e. The molecule has 3 rings (SSSR count). The number of rotatable bonds is 7. The summed E-state index contributed by atoms with van der Waals surface area (Å²) in [6.07, 6.45) is 1.49. The van der Waals surface area contributed by atoms with Crippen molar-refractivity contribution >= 4 is 17.9 Å². The average Bonchev–Trinajstić information content (AvgIpc) is 2.73. The van der Waals surface area contributed by atoms with Crippen molar-refractivity contribution in [1.29, 1.82) is 0 Å². The van der Waals surface area contributed by atoms with Crippen molar-refractivity contribution in [2.45, 2.75) is 46.2 Å². The van der Waals surface area contributed by atoms with Crippen molar-refractivity contribution in [3.05, 3.63) is 47.7 Å². The van der Waals surface area contributed by atoms with Gasteiger partial charge in [0, 0.05) is 44.0 Å². The van der Waals surface area contributed by atoms with Crippen molar-refractivity contribution in [1.82, 2.24) is 14.9 Å². The Morgan fingerprint density at radius 2 is 1.93 bits per heavy atom. The van der Waals surface area contributed by atoms with Crippen LogP contribution in [0.1, 0.15) is 37.9 Å². The third kappa shape index (κ3) is 5.82. The van der Waals surface area contributed by atoms with Crippen LogP contribution < -0.4 is 10.2 Å². The van der Waals surface area contributed by atoms with Crippen molar-refractivity contribution in [3.8, 4) is 0 Å². The molecule has 0 saturated carbocycles. The Bertz CT molecular complexity index is 791. The van der Waals surface area contributed by atoms with Gasteiger partial charge in [-0.05, 0) is 39.2 Å². The van der Waals surface area contributed by atoms with Gasteiger partial charge in [-0.25, -0.2) is 9.78 Å². The first-order valence-corrected chi connectivity index (χ1v) is 10.4. The van der Waals surface area contributed by atoms with Gasteiger partial charge >= 0.3 is 6.09 Å². The summed E-state index contributed by atoms with van der Waals surface area (Å²) < 4.78 is 5.09. The highest BCUT2D eigenvalue weighted by molar-refractivity contribution is 5.67. The molecule has 7 nitrogen and oxygen atoms in total. The fourth-order valence-electron chi connectivity index (χ4n) is 3.54. The second-order valence-electron chi connectivity index (χ2n) is 7.30. The van der Waals surface area contributed by atoms with Gasteiger partial charge in [0.05, 0.1) is 6.61 Å². The molecule has 1 amide bonds. The van der Waals surface area contributed by atoms with Crippen molar-refractivity contribution < 1.29 is 9.53 Å². The topological polar surface area (TPSA) is 70.6 Å². The number of benzene rings is 1. The van der Waals surface area contributed by atoms with E-state index >= 15 is 0 Å². The highest BCUT2D eigenvalue weighted by Crippen LogP contribution is 2.20. The molecule has 156 valence electrons. The van der Waals surface area contributed by atoms with E-state index in [4.69, 9.17) is 9.72 Å². The van der Waals surface area contributed by atoms with Crippen LogP contribution in [0.3, 0.4) is 0 Å². The Hall–Kier alpha value is -2.83. The number of aryl methyl sites for hydroxylation is 1. The van der Waals surface area contributed by atoms with Crippen molar-refractivity contribution in [2.24, 2.45) is 0 Å². The zero-order valence-electron chi connectivity index (χ0n) is 17.6. The van der Waals surface area contributed by atoms with Gasteiger partial charge in [-0.2, -0.15) is 4.98 Å². The number of hydrogen-bond acceptors (Lipinski definition) is 6. The summed E-state index contributed by atoms with van der Waals surface area (Å²) >= 11 is 0. The van der Waals surface area contributed by atoms with Crippen LogP contribution in [-0.4, -0.2) is 53.2 Å². The van der Waals surface area contributed by atoms with E-state index < -0.39 is 0 Å². The minimum Gasteiger partial charge on any atom is -0.450 e. The lowest BCUT2D eigenvalue weighted by Gasteiger charge is -2.31. The molecule has 0 atom stereocenters. The number of piperidine rings is 1. The molecule has 7 heteroatoms. The van der Waals surface area contributed by atoms with E-state index in [1.807, 2.05) is 26.0 Å². The molecule has 2 heterocycles. The average molecular weight is 398 g/mol. The van der Waals surface area contributed by atoms with Gasteiger partial charge in [-0.3, -0.25) is 0 Å². The fourth-order valence-corrected chi connectivity index (χ4v) is 3.54. The lowest BCUT2D eigenvalue weighted by molar-refractivity contribution is 0.0983. The quantitative estimate of drug-likeness (QED) is 0.765. The summed E-state index contributed by atoms with van der Waals surface area (Å²) in [4.78, 5) is 25.2. The number of aromatic nitrogens is 2. The number of anilines is 2. The number of nitrogens with one attached hydrogen (secondary N) is 1. The first-order chi connectivity index (χ1) is 14.1. The largest absolute Gasteiger partial charge is 0.450 e. The monoisotopic (exact) mass is 397 g/mol. The number of amides is 1. The van der Waals surface area contributed by atoms with Gasteiger partial charge in [0.2, 0.25) is 5.95 Å². The molecule has 1 fully saturated rings. The summed E-state index contributed by atoms with van der Waals surface area (Å²) in [7, 11) is 0. The molecule has 2 aromatic rings. The van der Waals surface area contributed by atoms with Gasteiger partial charge in [-0.1, -0.05) is 30.3 Å². The smallest absolute Gasteiger partial charge is 0.409 e. The number of likely N-dealkylation sites (tertiary alicyclic amines) is 1. The van der Waals surface area contributed by atoms with E-state index in [2.05, 4.69) is 46.4 Å². The van der Waals surface area contributed by atoms with Crippen LogP contribution in [0.15, 0.2) is 36.4 Å². The van der Waals surface area contributed by atoms with E-state index in [1.165, 1.54) is 5.56 Å². The molecule has 1 saturated heterocycles. The lowest BCUT2D eigenvalue weighted by atomic mass is 10.1. The second-order valence-corrected chi connectivity index (χ2v) is 7.30. The van der Waals surface area contributed by atoms with Crippen LogP contribution in [0.2, 0.25) is 0 Å². The summed E-state index contributed by atoms with van der Waals surface area (Å²) in [5.41, 5.74) is 2.19. The molecule has 1 aromatic carbocycles. The van der Waals surface area contributed by atoms with Gasteiger partial charge in [0.1, 0.15) is 5.82 Å². The number of hydrogen-bond donors (Lipinski definition) is 1. The number of ether oxygens (including phenoxy) is 1. The van der Waals surface area contributed by atoms with Crippen LogP contribution in [0, 0.1) is 6.92 Å². The van der Waals surface area contributed by atoms with Crippen LogP contribution in [0.25, 0.3) is 0 Å². The Morgan fingerprint density at radius 1 is 1.21 bits per heavy atom. The maximum atomic E-state index is 11.9. The molecule has 0 unspecified atom stereocenters. The molecule has 1 aromatic heterocycles. The van der Waals surface area contributed by atoms with Gasteiger partial charge in [0.15, 0.2) is 0 Å². The number of nitrogens with zero attached hydrogens (tertiary/aromatic N) is 4. The molecular formula is C22H31N5O2. The number of carbonyl (C=O) groups excluding carboxylic acids is 1. The summed E-state index contributed by atoms with van der Waals surface area (Å²) in [6, 6.07) is 12.7. The van der Waals surface area contributed by atoms with E-state index in [9.17, 15) is 4.79 Å². The SMILES string of the molecule is CCOC(=O)N1CCC(Nc2nc(C)cc(N(CC)Cc3ccccc3)n2)CC1.